The predicted molar refractivity (Wildman–Crippen MR) is 86.7 cm³/mol. The van der Waals surface area contributed by atoms with Crippen LogP contribution in [0.3, 0.4) is 0 Å². The second-order valence-corrected chi connectivity index (χ2v) is 5.57. The molecule has 0 fully saturated rings. The zero-order chi connectivity index (χ0) is 15.8. The number of benzene rings is 1. The molecule has 5 heteroatoms. The molecule has 0 unspecified atom stereocenters. The summed E-state index contributed by atoms with van der Waals surface area (Å²) in [5.41, 5.74) is 4.90. The molecule has 3 heterocycles. The molecule has 4 rings (SSSR count). The van der Waals surface area contributed by atoms with E-state index in [1.165, 1.54) is 0 Å². The van der Waals surface area contributed by atoms with E-state index in [0.29, 0.717) is 24.4 Å². The molecule has 1 aromatic carbocycles. The highest BCUT2D eigenvalue weighted by atomic mass is 16.3. The summed E-state index contributed by atoms with van der Waals surface area (Å²) >= 11 is 0. The van der Waals surface area contributed by atoms with Crippen LogP contribution in [0.1, 0.15) is 27.6 Å². The van der Waals surface area contributed by atoms with Gasteiger partial charge in [0.2, 0.25) is 0 Å². The van der Waals surface area contributed by atoms with Crippen LogP contribution >= 0.6 is 0 Å². The highest BCUT2D eigenvalue weighted by molar-refractivity contribution is 5.76. The summed E-state index contributed by atoms with van der Waals surface area (Å²) < 4.78 is 7.54. The minimum atomic E-state index is 0.594. The lowest BCUT2D eigenvalue weighted by molar-refractivity contribution is 0.111. The molecule has 0 aliphatic heterocycles. The Morgan fingerprint density at radius 1 is 1.17 bits per heavy atom. The Kier molecular flexibility index (Phi) is 3.19. The quantitative estimate of drug-likeness (QED) is 0.542. The summed E-state index contributed by atoms with van der Waals surface area (Å²) in [5.74, 6) is 0.663. The molecule has 0 N–H and O–H groups in total. The van der Waals surface area contributed by atoms with E-state index in [9.17, 15) is 4.79 Å². The minimum absolute atomic E-state index is 0.594. The van der Waals surface area contributed by atoms with Crippen molar-refractivity contribution in [1.82, 2.24) is 14.4 Å². The first-order valence-corrected chi connectivity index (χ1v) is 7.52. The van der Waals surface area contributed by atoms with Gasteiger partial charge in [0, 0.05) is 19.0 Å². The highest BCUT2D eigenvalue weighted by Gasteiger charge is 2.13. The lowest BCUT2D eigenvalue weighted by atomic mass is 10.2. The summed E-state index contributed by atoms with van der Waals surface area (Å²) in [4.78, 5) is 20.5. The van der Waals surface area contributed by atoms with E-state index in [1.54, 1.807) is 0 Å². The smallest absolute Gasteiger partial charge is 0.195 e. The van der Waals surface area contributed by atoms with Gasteiger partial charge in [-0.15, -0.1) is 0 Å². The van der Waals surface area contributed by atoms with Gasteiger partial charge < -0.3 is 4.42 Å². The fourth-order valence-corrected chi connectivity index (χ4v) is 2.78. The number of hydrogen-bond acceptors (Lipinski definition) is 4. The minimum Gasteiger partial charge on any atom is -0.441 e. The van der Waals surface area contributed by atoms with Crippen LogP contribution in [0.5, 0.6) is 0 Å². The first-order valence-electron chi connectivity index (χ1n) is 7.52. The van der Waals surface area contributed by atoms with Crippen molar-refractivity contribution in [3.63, 3.8) is 0 Å². The SMILES string of the molecule is Cc1ccn2c(C=O)c(CCc3nc4ccccc4o3)nc2c1. The van der Waals surface area contributed by atoms with Crippen LogP contribution in [0, 0.1) is 6.92 Å². The number of fused-ring (bicyclic) bond motifs is 2. The number of rotatable bonds is 4. The number of nitrogens with zero attached hydrogens (tertiary/aromatic N) is 3. The highest BCUT2D eigenvalue weighted by Crippen LogP contribution is 2.18. The lowest BCUT2D eigenvalue weighted by Gasteiger charge is -1.97. The maximum atomic E-state index is 11.4. The van der Waals surface area contributed by atoms with E-state index in [0.717, 1.165) is 34.3 Å². The number of imidazole rings is 1. The Bertz CT molecular complexity index is 981. The third-order valence-corrected chi connectivity index (χ3v) is 3.92. The van der Waals surface area contributed by atoms with Gasteiger partial charge >= 0.3 is 0 Å². The molecule has 5 nitrogen and oxygen atoms in total. The third-order valence-electron chi connectivity index (χ3n) is 3.92. The average molecular weight is 305 g/mol. The molecule has 0 bridgehead atoms. The van der Waals surface area contributed by atoms with Gasteiger partial charge in [-0.1, -0.05) is 12.1 Å². The van der Waals surface area contributed by atoms with E-state index in [1.807, 2.05) is 53.9 Å². The van der Waals surface area contributed by atoms with Crippen molar-refractivity contribution in [1.29, 1.82) is 0 Å². The van der Waals surface area contributed by atoms with E-state index in [2.05, 4.69) is 9.97 Å². The Morgan fingerprint density at radius 2 is 2.04 bits per heavy atom. The predicted octanol–water partition coefficient (Wildman–Crippen LogP) is 3.38. The Morgan fingerprint density at radius 3 is 2.87 bits per heavy atom. The number of aryl methyl sites for hydroxylation is 3. The van der Waals surface area contributed by atoms with Crippen LogP contribution in [0.25, 0.3) is 16.7 Å². The first-order chi connectivity index (χ1) is 11.2. The monoisotopic (exact) mass is 305 g/mol. The summed E-state index contributed by atoms with van der Waals surface area (Å²) in [6, 6.07) is 11.6. The number of pyridine rings is 1. The van der Waals surface area contributed by atoms with Crippen LogP contribution in [-0.4, -0.2) is 20.7 Å². The number of oxazole rings is 1. The van der Waals surface area contributed by atoms with E-state index < -0.39 is 0 Å². The molecule has 114 valence electrons. The Hall–Kier alpha value is -2.95. The van der Waals surface area contributed by atoms with Crippen molar-refractivity contribution in [2.45, 2.75) is 19.8 Å². The van der Waals surface area contributed by atoms with Gasteiger partial charge in [0.1, 0.15) is 16.9 Å². The van der Waals surface area contributed by atoms with Gasteiger partial charge in [0.15, 0.2) is 17.8 Å². The number of hydrogen-bond donors (Lipinski definition) is 0. The van der Waals surface area contributed by atoms with Crippen molar-refractivity contribution in [3.8, 4) is 0 Å². The number of carbonyl (C=O) groups excluding carboxylic acids is 1. The molecule has 23 heavy (non-hydrogen) atoms. The molecule has 0 saturated heterocycles. The molecule has 0 spiro atoms. The zero-order valence-corrected chi connectivity index (χ0v) is 12.7. The molecule has 0 radical (unpaired) electrons. The van der Waals surface area contributed by atoms with Gasteiger partial charge in [0.05, 0.1) is 5.69 Å². The molecule has 0 aliphatic carbocycles. The fourth-order valence-electron chi connectivity index (χ4n) is 2.78. The number of aldehydes is 1. The van der Waals surface area contributed by atoms with Crippen LogP contribution < -0.4 is 0 Å². The number of aromatic nitrogens is 3. The summed E-state index contributed by atoms with van der Waals surface area (Å²) in [6.07, 6.45) is 3.96. The third kappa shape index (κ3) is 2.40. The van der Waals surface area contributed by atoms with Crippen LogP contribution in [0.4, 0.5) is 0 Å². The fraction of sp³-hybridized carbons (Fsp3) is 0.167. The van der Waals surface area contributed by atoms with Crippen LogP contribution in [0.2, 0.25) is 0 Å². The lowest BCUT2D eigenvalue weighted by Crippen LogP contribution is -1.98. The van der Waals surface area contributed by atoms with Gasteiger partial charge in [-0.05, 0) is 36.8 Å². The van der Waals surface area contributed by atoms with Crippen LogP contribution in [0.15, 0.2) is 47.0 Å². The molecule has 0 amide bonds. The summed E-state index contributed by atoms with van der Waals surface area (Å²) in [5, 5.41) is 0. The molecule has 3 aromatic heterocycles. The molecule has 0 atom stereocenters. The largest absolute Gasteiger partial charge is 0.441 e. The van der Waals surface area contributed by atoms with Crippen molar-refractivity contribution in [2.24, 2.45) is 0 Å². The average Bonchev–Trinajstić information content (AvgIpc) is 3.12. The van der Waals surface area contributed by atoms with Gasteiger partial charge in [0.25, 0.3) is 0 Å². The topological polar surface area (TPSA) is 60.4 Å². The van der Waals surface area contributed by atoms with Crippen molar-refractivity contribution in [2.75, 3.05) is 0 Å². The van der Waals surface area contributed by atoms with Crippen molar-refractivity contribution < 1.29 is 9.21 Å². The normalized spacial score (nSPS) is 11.3. The number of carbonyl (C=O) groups is 1. The summed E-state index contributed by atoms with van der Waals surface area (Å²) in [6.45, 7) is 2.01. The Labute approximate surface area is 132 Å². The first kappa shape index (κ1) is 13.7. The second-order valence-electron chi connectivity index (χ2n) is 5.57. The molecular weight excluding hydrogens is 290 g/mol. The maximum Gasteiger partial charge on any atom is 0.195 e. The van der Waals surface area contributed by atoms with E-state index in [4.69, 9.17) is 4.42 Å². The van der Waals surface area contributed by atoms with Gasteiger partial charge in [-0.3, -0.25) is 9.20 Å². The number of para-hydroxylation sites is 2. The van der Waals surface area contributed by atoms with Crippen LogP contribution in [-0.2, 0) is 12.8 Å². The molecule has 0 aliphatic rings. The van der Waals surface area contributed by atoms with E-state index >= 15 is 0 Å². The molecule has 0 saturated carbocycles. The van der Waals surface area contributed by atoms with E-state index in [-0.39, 0.29) is 0 Å². The molecular formula is C18H15N3O2. The maximum absolute atomic E-state index is 11.4. The van der Waals surface area contributed by atoms with Gasteiger partial charge in [-0.2, -0.15) is 0 Å². The van der Waals surface area contributed by atoms with Gasteiger partial charge in [-0.25, -0.2) is 9.97 Å². The standard InChI is InChI=1S/C18H15N3O2/c1-12-8-9-21-15(11-22)13(19-17(21)10-12)6-7-18-20-14-4-2-3-5-16(14)23-18/h2-5,8-11H,6-7H2,1H3. The molecule has 4 aromatic rings. The van der Waals surface area contributed by atoms with Crippen molar-refractivity contribution >= 4 is 23.0 Å². The summed E-state index contributed by atoms with van der Waals surface area (Å²) in [7, 11) is 0. The second kappa shape index (κ2) is 5.35. The zero-order valence-electron chi connectivity index (χ0n) is 12.7. The Balaban J connectivity index is 1.65. The van der Waals surface area contributed by atoms with Crippen molar-refractivity contribution in [3.05, 3.63) is 65.4 Å².